The SMILES string of the molecule is CCn1c(SCC(=O)Nc2ccccc2Br)nnc1-c1cccnc1. The normalized spacial score (nSPS) is 10.6. The third-order valence-electron chi connectivity index (χ3n) is 3.43. The molecular weight excluding hydrogens is 402 g/mol. The molecule has 2 aromatic heterocycles. The first-order chi connectivity index (χ1) is 12.2. The zero-order valence-electron chi connectivity index (χ0n) is 13.5. The third kappa shape index (κ3) is 4.26. The number of amides is 1. The second kappa shape index (κ2) is 8.26. The number of hydrogen-bond acceptors (Lipinski definition) is 5. The maximum Gasteiger partial charge on any atom is 0.234 e. The van der Waals surface area contributed by atoms with Crippen molar-refractivity contribution in [3.05, 3.63) is 53.3 Å². The van der Waals surface area contributed by atoms with Gasteiger partial charge in [-0.05, 0) is 47.1 Å². The summed E-state index contributed by atoms with van der Waals surface area (Å²) in [5.74, 6) is 0.918. The van der Waals surface area contributed by atoms with E-state index in [1.54, 1.807) is 12.4 Å². The fraction of sp³-hybridized carbons (Fsp3) is 0.176. The fourth-order valence-corrected chi connectivity index (χ4v) is 3.45. The van der Waals surface area contributed by atoms with E-state index in [-0.39, 0.29) is 11.7 Å². The average molecular weight is 418 g/mol. The fourth-order valence-electron chi connectivity index (χ4n) is 2.27. The van der Waals surface area contributed by atoms with E-state index in [2.05, 4.69) is 36.4 Å². The summed E-state index contributed by atoms with van der Waals surface area (Å²) in [6, 6.07) is 11.3. The van der Waals surface area contributed by atoms with Gasteiger partial charge in [-0.15, -0.1) is 10.2 Å². The van der Waals surface area contributed by atoms with E-state index in [9.17, 15) is 4.79 Å². The molecule has 8 heteroatoms. The molecule has 0 aliphatic carbocycles. The molecule has 0 bridgehead atoms. The van der Waals surface area contributed by atoms with Gasteiger partial charge in [-0.1, -0.05) is 23.9 Å². The van der Waals surface area contributed by atoms with Gasteiger partial charge in [-0.25, -0.2) is 0 Å². The van der Waals surface area contributed by atoms with Gasteiger partial charge in [-0.2, -0.15) is 0 Å². The van der Waals surface area contributed by atoms with Crippen LogP contribution in [0.3, 0.4) is 0 Å². The summed E-state index contributed by atoms with van der Waals surface area (Å²) in [6.07, 6.45) is 3.47. The molecule has 2 heterocycles. The predicted molar refractivity (Wildman–Crippen MR) is 102 cm³/mol. The Balaban J connectivity index is 1.68. The predicted octanol–water partition coefficient (Wildman–Crippen LogP) is 3.85. The number of anilines is 1. The molecule has 128 valence electrons. The number of carbonyl (C=O) groups is 1. The lowest BCUT2D eigenvalue weighted by Crippen LogP contribution is -2.15. The molecule has 0 atom stereocenters. The smallest absolute Gasteiger partial charge is 0.234 e. The number of carbonyl (C=O) groups excluding carboxylic acids is 1. The second-order valence-corrected chi connectivity index (χ2v) is 6.91. The summed E-state index contributed by atoms with van der Waals surface area (Å²) >= 11 is 4.78. The highest BCUT2D eigenvalue weighted by atomic mass is 79.9. The quantitative estimate of drug-likeness (QED) is 0.616. The maximum absolute atomic E-state index is 12.2. The number of aromatic nitrogens is 4. The van der Waals surface area contributed by atoms with Gasteiger partial charge >= 0.3 is 0 Å². The lowest BCUT2D eigenvalue weighted by Gasteiger charge is -2.08. The minimum atomic E-state index is -0.0921. The topological polar surface area (TPSA) is 72.7 Å². The zero-order valence-corrected chi connectivity index (χ0v) is 15.9. The Morgan fingerprint density at radius 1 is 1.24 bits per heavy atom. The van der Waals surface area contributed by atoms with Crippen LogP contribution in [-0.4, -0.2) is 31.4 Å². The van der Waals surface area contributed by atoms with Crippen molar-refractivity contribution >= 4 is 39.3 Å². The number of nitrogens with one attached hydrogen (secondary N) is 1. The molecule has 0 spiro atoms. The molecule has 0 saturated heterocycles. The molecule has 0 radical (unpaired) electrons. The minimum Gasteiger partial charge on any atom is -0.324 e. The molecule has 25 heavy (non-hydrogen) atoms. The van der Waals surface area contributed by atoms with Gasteiger partial charge in [0, 0.05) is 29.0 Å². The van der Waals surface area contributed by atoms with E-state index in [0.717, 1.165) is 21.5 Å². The van der Waals surface area contributed by atoms with Crippen molar-refractivity contribution in [3.63, 3.8) is 0 Å². The first-order valence-corrected chi connectivity index (χ1v) is 9.47. The van der Waals surface area contributed by atoms with Crippen molar-refractivity contribution in [3.8, 4) is 11.4 Å². The van der Waals surface area contributed by atoms with Gasteiger partial charge in [0.2, 0.25) is 5.91 Å². The van der Waals surface area contributed by atoms with Crippen LogP contribution in [-0.2, 0) is 11.3 Å². The molecule has 0 unspecified atom stereocenters. The summed E-state index contributed by atoms with van der Waals surface area (Å²) in [6.45, 7) is 2.74. The summed E-state index contributed by atoms with van der Waals surface area (Å²) in [5, 5.41) is 12.1. The number of para-hydroxylation sites is 1. The van der Waals surface area contributed by atoms with Crippen molar-refractivity contribution in [2.24, 2.45) is 0 Å². The Morgan fingerprint density at radius 2 is 2.08 bits per heavy atom. The number of pyridine rings is 1. The molecular formula is C17H16BrN5OS. The van der Waals surface area contributed by atoms with Crippen LogP contribution in [0.25, 0.3) is 11.4 Å². The summed E-state index contributed by atoms with van der Waals surface area (Å²) in [7, 11) is 0. The highest BCUT2D eigenvalue weighted by Gasteiger charge is 2.15. The Morgan fingerprint density at radius 3 is 2.80 bits per heavy atom. The molecule has 0 saturated carbocycles. The number of thioether (sulfide) groups is 1. The van der Waals surface area contributed by atoms with Crippen molar-refractivity contribution in [2.45, 2.75) is 18.6 Å². The van der Waals surface area contributed by atoms with Crippen LogP contribution in [0.2, 0.25) is 0 Å². The zero-order chi connectivity index (χ0) is 17.6. The van der Waals surface area contributed by atoms with E-state index in [0.29, 0.717) is 11.7 Å². The summed E-state index contributed by atoms with van der Waals surface area (Å²) in [5.41, 5.74) is 1.66. The molecule has 0 fully saturated rings. The summed E-state index contributed by atoms with van der Waals surface area (Å²) in [4.78, 5) is 16.3. The van der Waals surface area contributed by atoms with Crippen molar-refractivity contribution in [1.29, 1.82) is 0 Å². The monoisotopic (exact) mass is 417 g/mol. The van der Waals surface area contributed by atoms with Crippen LogP contribution in [0.5, 0.6) is 0 Å². The van der Waals surface area contributed by atoms with Crippen LogP contribution in [0.4, 0.5) is 5.69 Å². The number of hydrogen-bond donors (Lipinski definition) is 1. The standard InChI is InChI=1S/C17H16BrN5OS/c1-2-23-16(12-6-5-9-19-10-12)21-22-17(23)25-11-15(24)20-14-8-4-3-7-13(14)18/h3-10H,2,11H2,1H3,(H,20,24). The Labute approximate surface area is 158 Å². The van der Waals surface area contributed by atoms with Crippen molar-refractivity contribution in [1.82, 2.24) is 19.7 Å². The molecule has 0 aliphatic rings. The van der Waals surface area contributed by atoms with Gasteiger partial charge in [0.1, 0.15) is 0 Å². The van der Waals surface area contributed by atoms with Gasteiger partial charge in [0.15, 0.2) is 11.0 Å². The van der Waals surface area contributed by atoms with Crippen molar-refractivity contribution < 1.29 is 4.79 Å². The molecule has 3 rings (SSSR count). The number of rotatable bonds is 6. The average Bonchev–Trinajstić information content (AvgIpc) is 3.05. The number of benzene rings is 1. The van der Waals surface area contributed by atoms with E-state index >= 15 is 0 Å². The van der Waals surface area contributed by atoms with Crippen LogP contribution in [0.15, 0.2) is 58.4 Å². The van der Waals surface area contributed by atoms with Gasteiger partial charge in [0.05, 0.1) is 11.4 Å². The number of nitrogens with zero attached hydrogens (tertiary/aromatic N) is 4. The summed E-state index contributed by atoms with van der Waals surface area (Å²) < 4.78 is 2.83. The molecule has 1 aromatic carbocycles. The Hall–Kier alpha value is -2.19. The minimum absolute atomic E-state index is 0.0921. The maximum atomic E-state index is 12.2. The van der Waals surface area contributed by atoms with E-state index in [4.69, 9.17) is 0 Å². The van der Waals surface area contributed by atoms with Gasteiger partial charge in [-0.3, -0.25) is 9.78 Å². The van der Waals surface area contributed by atoms with Crippen LogP contribution in [0, 0.1) is 0 Å². The number of halogens is 1. The Bertz CT molecular complexity index is 868. The first kappa shape index (κ1) is 17.6. The van der Waals surface area contributed by atoms with E-state index < -0.39 is 0 Å². The van der Waals surface area contributed by atoms with Crippen LogP contribution < -0.4 is 5.32 Å². The van der Waals surface area contributed by atoms with E-state index in [1.165, 1.54) is 11.8 Å². The molecule has 1 amide bonds. The largest absolute Gasteiger partial charge is 0.324 e. The molecule has 0 aliphatic heterocycles. The Kier molecular flexibility index (Phi) is 5.83. The first-order valence-electron chi connectivity index (χ1n) is 7.69. The lowest BCUT2D eigenvalue weighted by atomic mass is 10.3. The van der Waals surface area contributed by atoms with Crippen molar-refractivity contribution in [2.75, 3.05) is 11.1 Å². The lowest BCUT2D eigenvalue weighted by molar-refractivity contribution is -0.113. The highest BCUT2D eigenvalue weighted by Crippen LogP contribution is 2.24. The third-order valence-corrected chi connectivity index (χ3v) is 5.09. The van der Waals surface area contributed by atoms with Gasteiger partial charge < -0.3 is 9.88 Å². The molecule has 3 aromatic rings. The molecule has 6 nitrogen and oxygen atoms in total. The second-order valence-electron chi connectivity index (χ2n) is 5.11. The van der Waals surface area contributed by atoms with Crippen LogP contribution >= 0.6 is 27.7 Å². The molecule has 1 N–H and O–H groups in total. The van der Waals surface area contributed by atoms with Crippen LogP contribution in [0.1, 0.15) is 6.92 Å². The van der Waals surface area contributed by atoms with Gasteiger partial charge in [0.25, 0.3) is 0 Å². The highest BCUT2D eigenvalue weighted by molar-refractivity contribution is 9.10. The van der Waals surface area contributed by atoms with E-state index in [1.807, 2.05) is 47.9 Å².